The second-order valence-electron chi connectivity index (χ2n) is 19.7. The molecule has 0 amide bonds. The molecule has 0 bridgehead atoms. The molecule has 296 valence electrons. The van der Waals surface area contributed by atoms with Gasteiger partial charge in [0.25, 0.3) is 6.71 Å². The van der Waals surface area contributed by atoms with Gasteiger partial charge in [-0.1, -0.05) is 86.6 Å². The van der Waals surface area contributed by atoms with Crippen LogP contribution in [0.2, 0.25) is 0 Å². The van der Waals surface area contributed by atoms with Crippen LogP contribution in [0.4, 0.5) is 33.4 Å². The van der Waals surface area contributed by atoms with Crippen LogP contribution in [0.5, 0.6) is 23.0 Å². The summed E-state index contributed by atoms with van der Waals surface area (Å²) in [5, 5.41) is 2.59. The molecule has 4 aliphatic heterocycles. The minimum Gasteiger partial charge on any atom is -0.486 e. The average Bonchev–Trinajstić information content (AvgIpc) is 3.55. The number of thiophene rings is 1. The molecule has 5 heterocycles. The fourth-order valence-corrected chi connectivity index (χ4v) is 10.6. The molecule has 58 heavy (non-hydrogen) atoms. The third-order valence-electron chi connectivity index (χ3n) is 12.4. The summed E-state index contributed by atoms with van der Waals surface area (Å²) in [6.45, 7) is 27.5. The molecule has 10 rings (SSSR count). The van der Waals surface area contributed by atoms with Crippen molar-refractivity contribution in [1.29, 1.82) is 0 Å². The Bertz CT molecular complexity index is 2670. The van der Waals surface area contributed by atoms with Gasteiger partial charge in [0.1, 0.15) is 26.4 Å². The summed E-state index contributed by atoms with van der Waals surface area (Å²) >= 11 is 1.92. The predicted molar refractivity (Wildman–Crippen MR) is 243 cm³/mol. The molecule has 0 radical (unpaired) electrons. The van der Waals surface area contributed by atoms with Gasteiger partial charge in [0, 0.05) is 33.9 Å². The Morgan fingerprint density at radius 3 is 1.69 bits per heavy atom. The van der Waals surface area contributed by atoms with E-state index in [9.17, 15) is 0 Å². The molecule has 0 N–H and O–H groups in total. The number of nitrogens with zero attached hydrogens (tertiary/aromatic N) is 2. The lowest BCUT2D eigenvalue weighted by Crippen LogP contribution is -2.61. The van der Waals surface area contributed by atoms with E-state index in [0.717, 1.165) is 40.1 Å². The Hall–Kier alpha value is -5.08. The van der Waals surface area contributed by atoms with Crippen molar-refractivity contribution in [3.63, 3.8) is 0 Å². The smallest absolute Gasteiger partial charge is 0.254 e. The quantitative estimate of drug-likeness (QED) is 0.163. The van der Waals surface area contributed by atoms with E-state index in [1.54, 1.807) is 0 Å². The van der Waals surface area contributed by atoms with Crippen LogP contribution in [-0.2, 0) is 16.2 Å². The predicted octanol–water partition coefficient (Wildman–Crippen LogP) is 11.0. The summed E-state index contributed by atoms with van der Waals surface area (Å²) in [5.41, 5.74) is 16.0. The maximum Gasteiger partial charge on any atom is 0.254 e. The lowest BCUT2D eigenvalue weighted by Gasteiger charge is -2.45. The highest BCUT2D eigenvalue weighted by molar-refractivity contribution is 7.26. The number of rotatable bonds is 2. The molecule has 4 aliphatic rings. The van der Waals surface area contributed by atoms with Gasteiger partial charge >= 0.3 is 0 Å². The molecule has 5 aromatic carbocycles. The van der Waals surface area contributed by atoms with Gasteiger partial charge in [-0.05, 0) is 116 Å². The molecular weight excluding hydrogens is 735 g/mol. The minimum atomic E-state index is -0.138. The molecule has 0 unspecified atom stereocenters. The van der Waals surface area contributed by atoms with Gasteiger partial charge < -0.3 is 28.7 Å². The highest BCUT2D eigenvalue weighted by Gasteiger charge is 2.47. The fourth-order valence-electron chi connectivity index (χ4n) is 9.36. The highest BCUT2D eigenvalue weighted by atomic mass is 32.1. The summed E-state index contributed by atoms with van der Waals surface area (Å²) < 4.78 is 26.3. The van der Waals surface area contributed by atoms with Crippen molar-refractivity contribution in [2.24, 2.45) is 0 Å². The largest absolute Gasteiger partial charge is 0.486 e. The van der Waals surface area contributed by atoms with Crippen LogP contribution >= 0.6 is 11.3 Å². The van der Waals surface area contributed by atoms with Crippen LogP contribution < -0.4 is 45.1 Å². The maximum atomic E-state index is 6.39. The van der Waals surface area contributed by atoms with Crippen LogP contribution in [0.15, 0.2) is 72.8 Å². The topological polar surface area (TPSA) is 43.4 Å². The second-order valence-corrected chi connectivity index (χ2v) is 20.7. The van der Waals surface area contributed by atoms with Gasteiger partial charge in [0.05, 0.1) is 16.4 Å². The summed E-state index contributed by atoms with van der Waals surface area (Å²) in [4.78, 5) is 5.07. The zero-order chi connectivity index (χ0) is 40.6. The molecule has 6 nitrogen and oxygen atoms in total. The van der Waals surface area contributed by atoms with Gasteiger partial charge in [-0.2, -0.15) is 0 Å². The van der Waals surface area contributed by atoms with Crippen LogP contribution in [0.3, 0.4) is 0 Å². The number of hydrogen-bond acceptors (Lipinski definition) is 7. The summed E-state index contributed by atoms with van der Waals surface area (Å²) in [6.07, 6.45) is 0. The number of benzene rings is 5. The Balaban J connectivity index is 1.36. The Morgan fingerprint density at radius 2 is 1.07 bits per heavy atom. The first-order valence-electron chi connectivity index (χ1n) is 20.8. The van der Waals surface area contributed by atoms with Gasteiger partial charge in [0.2, 0.25) is 0 Å². The van der Waals surface area contributed by atoms with Crippen molar-refractivity contribution in [3.8, 4) is 23.0 Å². The third-order valence-corrected chi connectivity index (χ3v) is 13.6. The average molecular weight is 789 g/mol. The minimum absolute atomic E-state index is 0.0121. The first-order valence-corrected chi connectivity index (χ1v) is 21.6. The van der Waals surface area contributed by atoms with E-state index < -0.39 is 0 Å². The molecule has 0 fully saturated rings. The van der Waals surface area contributed by atoms with E-state index in [4.69, 9.17) is 18.9 Å². The first-order chi connectivity index (χ1) is 27.5. The number of aryl methyl sites for hydroxylation is 2. The van der Waals surface area contributed by atoms with Crippen LogP contribution in [0.25, 0.3) is 10.1 Å². The Morgan fingerprint density at radius 1 is 0.517 bits per heavy atom. The molecule has 1 aromatic heterocycles. The van der Waals surface area contributed by atoms with Crippen LogP contribution in [-0.4, -0.2) is 33.1 Å². The zero-order valence-electron chi connectivity index (χ0n) is 35.8. The van der Waals surface area contributed by atoms with Crippen molar-refractivity contribution in [2.45, 2.75) is 92.4 Å². The first kappa shape index (κ1) is 37.2. The van der Waals surface area contributed by atoms with E-state index in [2.05, 4.69) is 159 Å². The van der Waals surface area contributed by atoms with E-state index in [-0.39, 0.29) is 23.0 Å². The van der Waals surface area contributed by atoms with Crippen molar-refractivity contribution < 1.29 is 18.9 Å². The van der Waals surface area contributed by atoms with Gasteiger partial charge in [-0.25, -0.2) is 0 Å². The van der Waals surface area contributed by atoms with E-state index in [1.165, 1.54) is 70.7 Å². The number of anilines is 6. The Kier molecular flexibility index (Phi) is 8.16. The normalized spacial score (nSPS) is 15.7. The van der Waals surface area contributed by atoms with Crippen LogP contribution in [0.1, 0.15) is 90.1 Å². The van der Waals surface area contributed by atoms with Crippen molar-refractivity contribution in [3.05, 3.63) is 101 Å². The lowest BCUT2D eigenvalue weighted by molar-refractivity contribution is 0.171. The molecule has 8 heteroatoms. The molecule has 0 saturated carbocycles. The molecule has 0 aliphatic carbocycles. The van der Waals surface area contributed by atoms with Gasteiger partial charge in [-0.3, -0.25) is 0 Å². The molecular formula is C50H53BN2O4S. The lowest BCUT2D eigenvalue weighted by atomic mass is 9.33. The van der Waals surface area contributed by atoms with Gasteiger partial charge in [-0.15, -0.1) is 11.3 Å². The third kappa shape index (κ3) is 5.72. The summed E-state index contributed by atoms with van der Waals surface area (Å²) in [7, 11) is 0. The Labute approximate surface area is 347 Å². The van der Waals surface area contributed by atoms with Crippen molar-refractivity contribution >= 4 is 78.0 Å². The molecule has 0 atom stereocenters. The standard InChI is InChI=1S/C50H53BN2O4S/c1-28-20-31(49(6,7)8)21-29(2)46(28)53-38-24-32(50(9,10)11)23-37-45(38)51(44-34-22-30(48(3,4)5)12-15-43(34)58-47(44)53)35-26-41-42(57-19-18-56-41)27-36(35)52(37)33-13-14-39-40(25-33)55-17-16-54-39/h12-15,20-27H,16-19H2,1-11H3. The summed E-state index contributed by atoms with van der Waals surface area (Å²) in [5.74, 6) is 3.11. The summed E-state index contributed by atoms with van der Waals surface area (Å²) in [6, 6.07) is 27.8. The molecule has 0 saturated heterocycles. The monoisotopic (exact) mass is 788 g/mol. The SMILES string of the molecule is Cc1cc(C(C)(C)C)cc(C)c1N1c2cc(C(C)(C)C)cc3c2B(c2cc4c(cc2N3c2ccc3c(c2)OCCO3)OCCO4)c2c1sc1ccc(C(C)(C)C)cc21. The zero-order valence-corrected chi connectivity index (χ0v) is 36.6. The van der Waals surface area contributed by atoms with E-state index >= 15 is 0 Å². The number of ether oxygens (including phenoxy) is 4. The highest BCUT2D eigenvalue weighted by Crippen LogP contribution is 2.52. The fraction of sp³-hybridized carbons (Fsp3) is 0.360. The van der Waals surface area contributed by atoms with E-state index in [0.29, 0.717) is 26.4 Å². The maximum absolute atomic E-state index is 6.39. The molecule has 6 aromatic rings. The van der Waals surface area contributed by atoms with Crippen LogP contribution in [0, 0.1) is 13.8 Å². The van der Waals surface area contributed by atoms with Gasteiger partial charge in [0.15, 0.2) is 23.0 Å². The number of fused-ring (bicyclic) bond motifs is 8. The van der Waals surface area contributed by atoms with Crippen molar-refractivity contribution in [1.82, 2.24) is 0 Å². The van der Waals surface area contributed by atoms with E-state index in [1.807, 2.05) is 11.3 Å². The molecule has 0 spiro atoms. The number of hydrogen-bond donors (Lipinski definition) is 0. The second kappa shape index (κ2) is 12.7. The van der Waals surface area contributed by atoms with Crippen molar-refractivity contribution in [2.75, 3.05) is 36.2 Å².